The number of amides is 1. The Hall–Kier alpha value is -2.80. The maximum absolute atomic E-state index is 12.2. The van der Waals surface area contributed by atoms with E-state index in [1.807, 2.05) is 30.7 Å². The van der Waals surface area contributed by atoms with Crippen LogP contribution in [0.3, 0.4) is 0 Å². The summed E-state index contributed by atoms with van der Waals surface area (Å²) in [7, 11) is 4.85. The molecule has 0 aliphatic rings. The van der Waals surface area contributed by atoms with Crippen LogP contribution in [0.1, 0.15) is 22.5 Å². The highest BCUT2D eigenvalue weighted by Gasteiger charge is 2.12. The van der Waals surface area contributed by atoms with Crippen molar-refractivity contribution in [1.82, 2.24) is 15.1 Å². The normalized spacial score (nSPS) is 11.0. The van der Waals surface area contributed by atoms with Gasteiger partial charge >= 0.3 is 0 Å². The largest absolute Gasteiger partial charge is 0.497 e. The second-order valence-electron chi connectivity index (χ2n) is 6.02. The van der Waals surface area contributed by atoms with Gasteiger partial charge in [0.15, 0.2) is 0 Å². The SMILES string of the molecule is COCCn1nc(C)c(CNC(=O)C=Cc2cc(OC)ccc2OC)c1C. The van der Waals surface area contributed by atoms with Crippen molar-refractivity contribution in [2.24, 2.45) is 0 Å². The monoisotopic (exact) mass is 373 g/mol. The molecule has 0 atom stereocenters. The molecular formula is C20H27N3O4. The summed E-state index contributed by atoms with van der Waals surface area (Å²) in [6, 6.07) is 5.43. The molecule has 0 saturated heterocycles. The number of hydrogen-bond acceptors (Lipinski definition) is 5. The van der Waals surface area contributed by atoms with Gasteiger partial charge in [-0.2, -0.15) is 5.10 Å². The van der Waals surface area contributed by atoms with Crippen LogP contribution >= 0.6 is 0 Å². The first-order valence-corrected chi connectivity index (χ1v) is 8.70. The quantitative estimate of drug-likeness (QED) is 0.684. The molecule has 146 valence electrons. The van der Waals surface area contributed by atoms with Crippen molar-refractivity contribution in [3.63, 3.8) is 0 Å². The number of methoxy groups -OCH3 is 3. The Labute approximate surface area is 159 Å². The van der Waals surface area contributed by atoms with Gasteiger partial charge in [-0.1, -0.05) is 0 Å². The summed E-state index contributed by atoms with van der Waals surface area (Å²) >= 11 is 0. The molecule has 1 N–H and O–H groups in total. The number of carbonyl (C=O) groups is 1. The molecule has 27 heavy (non-hydrogen) atoms. The highest BCUT2D eigenvalue weighted by Crippen LogP contribution is 2.25. The van der Waals surface area contributed by atoms with E-state index >= 15 is 0 Å². The van der Waals surface area contributed by atoms with Crippen molar-refractivity contribution in [2.45, 2.75) is 26.9 Å². The Kier molecular flexibility index (Phi) is 7.43. The fraction of sp³-hybridized carbons (Fsp3) is 0.400. The summed E-state index contributed by atoms with van der Waals surface area (Å²) in [5.74, 6) is 1.18. The van der Waals surface area contributed by atoms with E-state index in [2.05, 4.69) is 10.4 Å². The summed E-state index contributed by atoms with van der Waals surface area (Å²) in [6.45, 7) is 5.64. The van der Waals surface area contributed by atoms with Crippen LogP contribution in [0.25, 0.3) is 6.08 Å². The molecule has 7 nitrogen and oxygen atoms in total. The summed E-state index contributed by atoms with van der Waals surface area (Å²) in [5.41, 5.74) is 3.73. The summed E-state index contributed by atoms with van der Waals surface area (Å²) in [5, 5.41) is 7.40. The van der Waals surface area contributed by atoms with Gasteiger partial charge in [-0.05, 0) is 38.1 Å². The zero-order valence-corrected chi connectivity index (χ0v) is 16.5. The van der Waals surface area contributed by atoms with E-state index in [1.165, 1.54) is 6.08 Å². The first-order chi connectivity index (χ1) is 13.0. The molecule has 7 heteroatoms. The standard InChI is InChI=1S/C20H27N3O4/c1-14-18(15(2)23(22-14)10-11-25-3)13-21-20(24)9-6-16-12-17(26-4)7-8-19(16)27-5/h6-9,12H,10-11,13H2,1-5H3,(H,21,24). The van der Waals surface area contributed by atoms with Gasteiger partial charge in [-0.15, -0.1) is 0 Å². The van der Waals surface area contributed by atoms with E-state index in [0.29, 0.717) is 31.2 Å². The van der Waals surface area contributed by atoms with Crippen LogP contribution in [0.15, 0.2) is 24.3 Å². The molecule has 2 aromatic rings. The average Bonchev–Trinajstić information content (AvgIpc) is 2.95. The van der Waals surface area contributed by atoms with Crippen molar-refractivity contribution in [1.29, 1.82) is 0 Å². The molecule has 0 spiro atoms. The molecule has 0 radical (unpaired) electrons. The van der Waals surface area contributed by atoms with Crippen LogP contribution in [-0.2, 0) is 22.6 Å². The van der Waals surface area contributed by atoms with Crippen molar-refractivity contribution in [3.05, 3.63) is 46.8 Å². The summed E-state index contributed by atoms with van der Waals surface area (Å²) in [4.78, 5) is 12.2. The lowest BCUT2D eigenvalue weighted by Gasteiger charge is -2.07. The number of nitrogens with zero attached hydrogens (tertiary/aromatic N) is 2. The molecular weight excluding hydrogens is 346 g/mol. The Morgan fingerprint density at radius 3 is 2.67 bits per heavy atom. The van der Waals surface area contributed by atoms with Crippen LogP contribution < -0.4 is 14.8 Å². The third-order valence-electron chi connectivity index (χ3n) is 4.33. The third-order valence-corrected chi connectivity index (χ3v) is 4.33. The Bertz CT molecular complexity index is 812. The van der Waals surface area contributed by atoms with Gasteiger partial charge in [0.05, 0.1) is 33.1 Å². The minimum Gasteiger partial charge on any atom is -0.497 e. The van der Waals surface area contributed by atoms with E-state index in [0.717, 1.165) is 22.5 Å². The van der Waals surface area contributed by atoms with E-state index < -0.39 is 0 Å². The van der Waals surface area contributed by atoms with Crippen molar-refractivity contribution in [2.75, 3.05) is 27.9 Å². The van der Waals surface area contributed by atoms with Gasteiger partial charge < -0.3 is 19.5 Å². The average molecular weight is 373 g/mol. The fourth-order valence-electron chi connectivity index (χ4n) is 2.75. The second kappa shape index (κ2) is 9.78. The number of nitrogens with one attached hydrogen (secondary N) is 1. The predicted molar refractivity (Wildman–Crippen MR) is 104 cm³/mol. The van der Waals surface area contributed by atoms with Gasteiger partial charge in [0.1, 0.15) is 11.5 Å². The number of carbonyl (C=O) groups excluding carboxylic acids is 1. The topological polar surface area (TPSA) is 74.6 Å². The number of aromatic nitrogens is 2. The Balaban J connectivity index is 2.03. The van der Waals surface area contributed by atoms with Crippen LogP contribution in [0.2, 0.25) is 0 Å². The van der Waals surface area contributed by atoms with Gasteiger partial charge in [0.2, 0.25) is 5.91 Å². The molecule has 1 heterocycles. The minimum atomic E-state index is -0.191. The van der Waals surface area contributed by atoms with E-state index in [4.69, 9.17) is 14.2 Å². The molecule has 1 aromatic carbocycles. The number of rotatable bonds is 9. The molecule has 0 aliphatic carbocycles. The van der Waals surface area contributed by atoms with E-state index in [1.54, 1.807) is 33.5 Å². The van der Waals surface area contributed by atoms with Gasteiger partial charge in [0.25, 0.3) is 0 Å². The molecule has 0 aliphatic heterocycles. The van der Waals surface area contributed by atoms with Crippen LogP contribution in [0.5, 0.6) is 11.5 Å². The fourth-order valence-corrected chi connectivity index (χ4v) is 2.75. The van der Waals surface area contributed by atoms with Crippen molar-refractivity contribution in [3.8, 4) is 11.5 Å². The van der Waals surface area contributed by atoms with Gasteiger partial charge in [-0.3, -0.25) is 9.48 Å². The van der Waals surface area contributed by atoms with Gasteiger partial charge in [-0.25, -0.2) is 0 Å². The lowest BCUT2D eigenvalue weighted by molar-refractivity contribution is -0.116. The molecule has 0 saturated carbocycles. The number of hydrogen-bond donors (Lipinski definition) is 1. The third kappa shape index (κ3) is 5.34. The van der Waals surface area contributed by atoms with E-state index in [9.17, 15) is 4.79 Å². The Morgan fingerprint density at radius 2 is 2.00 bits per heavy atom. The first kappa shape index (κ1) is 20.5. The predicted octanol–water partition coefficient (Wildman–Crippen LogP) is 2.49. The van der Waals surface area contributed by atoms with Crippen LogP contribution in [0.4, 0.5) is 0 Å². The van der Waals surface area contributed by atoms with Crippen molar-refractivity contribution >= 4 is 12.0 Å². The van der Waals surface area contributed by atoms with Crippen molar-refractivity contribution < 1.29 is 19.0 Å². The van der Waals surface area contributed by atoms with E-state index in [-0.39, 0.29) is 5.91 Å². The molecule has 0 bridgehead atoms. The zero-order valence-electron chi connectivity index (χ0n) is 16.5. The molecule has 0 unspecified atom stereocenters. The molecule has 2 rings (SSSR count). The first-order valence-electron chi connectivity index (χ1n) is 8.70. The highest BCUT2D eigenvalue weighted by molar-refractivity contribution is 5.92. The lowest BCUT2D eigenvalue weighted by atomic mass is 10.1. The molecule has 0 fully saturated rings. The zero-order chi connectivity index (χ0) is 19.8. The van der Waals surface area contributed by atoms with Crippen LogP contribution in [-0.4, -0.2) is 43.6 Å². The second-order valence-corrected chi connectivity index (χ2v) is 6.02. The van der Waals surface area contributed by atoms with Gasteiger partial charge in [0, 0.05) is 36.6 Å². The highest BCUT2D eigenvalue weighted by atomic mass is 16.5. The maximum atomic E-state index is 12.2. The van der Waals surface area contributed by atoms with Crippen LogP contribution in [0, 0.1) is 13.8 Å². The maximum Gasteiger partial charge on any atom is 0.244 e. The number of ether oxygens (including phenoxy) is 3. The number of benzene rings is 1. The molecule has 1 aromatic heterocycles. The molecule has 1 amide bonds. The lowest BCUT2D eigenvalue weighted by Crippen LogP contribution is -2.21. The summed E-state index contributed by atoms with van der Waals surface area (Å²) in [6.07, 6.45) is 3.19. The summed E-state index contributed by atoms with van der Waals surface area (Å²) < 4.78 is 17.5. The number of aryl methyl sites for hydroxylation is 1. The Morgan fingerprint density at radius 1 is 1.22 bits per heavy atom. The smallest absolute Gasteiger partial charge is 0.244 e. The minimum absolute atomic E-state index is 0.191.